The number of aromatic nitrogens is 2. The first-order chi connectivity index (χ1) is 11.3. The quantitative estimate of drug-likeness (QED) is 0.712. The van der Waals surface area contributed by atoms with Crippen molar-refractivity contribution in [1.29, 1.82) is 0 Å². The van der Waals surface area contributed by atoms with Gasteiger partial charge < -0.3 is 4.90 Å². The second-order valence-corrected chi connectivity index (χ2v) is 6.03. The normalized spacial score (nSPS) is 16.0. The van der Waals surface area contributed by atoms with Gasteiger partial charge in [0.25, 0.3) is 0 Å². The Bertz CT molecular complexity index is 811. The molecule has 2 aromatic carbocycles. The molecule has 1 aliphatic heterocycles. The van der Waals surface area contributed by atoms with E-state index >= 15 is 0 Å². The van der Waals surface area contributed by atoms with Crippen LogP contribution >= 0.6 is 0 Å². The summed E-state index contributed by atoms with van der Waals surface area (Å²) in [4.78, 5) is 10.9. The van der Waals surface area contributed by atoms with Gasteiger partial charge in [0, 0.05) is 18.5 Å². The summed E-state index contributed by atoms with van der Waals surface area (Å²) >= 11 is 0. The van der Waals surface area contributed by atoms with E-state index in [-0.39, 0.29) is 5.82 Å². The van der Waals surface area contributed by atoms with Gasteiger partial charge in [-0.3, -0.25) is 0 Å². The van der Waals surface area contributed by atoms with Crippen molar-refractivity contribution in [3.63, 3.8) is 0 Å². The number of halogens is 1. The van der Waals surface area contributed by atoms with E-state index in [1.807, 2.05) is 0 Å². The van der Waals surface area contributed by atoms with E-state index in [1.54, 1.807) is 12.4 Å². The first kappa shape index (κ1) is 14.1. The van der Waals surface area contributed by atoms with Crippen LogP contribution in [0, 0.1) is 5.82 Å². The highest BCUT2D eigenvalue weighted by Crippen LogP contribution is 2.32. The van der Waals surface area contributed by atoms with Crippen LogP contribution in [0.1, 0.15) is 24.3 Å². The third-order valence-corrected chi connectivity index (χ3v) is 4.64. The summed E-state index contributed by atoms with van der Waals surface area (Å²) in [5, 5.41) is 0.797. The van der Waals surface area contributed by atoms with Gasteiger partial charge in [-0.05, 0) is 42.5 Å². The molecule has 0 N–H and O–H groups in total. The van der Waals surface area contributed by atoms with Crippen LogP contribution in [-0.4, -0.2) is 23.1 Å². The number of hydrogen-bond acceptors (Lipinski definition) is 3. The SMILES string of the molecule is Fc1ccc2ncnc(N3CCC(c4ccccc4)CC3)c2c1. The fraction of sp³-hybridized carbons (Fsp3) is 0.263. The smallest absolute Gasteiger partial charge is 0.139 e. The predicted molar refractivity (Wildman–Crippen MR) is 90.1 cm³/mol. The van der Waals surface area contributed by atoms with Crippen molar-refractivity contribution in [1.82, 2.24) is 9.97 Å². The zero-order chi connectivity index (χ0) is 15.6. The molecule has 1 fully saturated rings. The topological polar surface area (TPSA) is 29.0 Å². The monoisotopic (exact) mass is 307 g/mol. The number of fused-ring (bicyclic) bond motifs is 1. The number of benzene rings is 2. The van der Waals surface area contributed by atoms with Crippen LogP contribution in [0.5, 0.6) is 0 Å². The second-order valence-electron chi connectivity index (χ2n) is 6.03. The van der Waals surface area contributed by atoms with Crippen LogP contribution in [0.15, 0.2) is 54.9 Å². The molecule has 4 heteroatoms. The zero-order valence-electron chi connectivity index (χ0n) is 12.8. The summed E-state index contributed by atoms with van der Waals surface area (Å²) in [7, 11) is 0. The van der Waals surface area contributed by atoms with Crippen molar-refractivity contribution in [3.05, 3.63) is 66.2 Å². The largest absolute Gasteiger partial charge is 0.356 e. The molecule has 23 heavy (non-hydrogen) atoms. The fourth-order valence-corrected chi connectivity index (χ4v) is 3.42. The summed E-state index contributed by atoms with van der Waals surface area (Å²) < 4.78 is 13.6. The lowest BCUT2D eigenvalue weighted by Crippen LogP contribution is -2.33. The van der Waals surface area contributed by atoms with Gasteiger partial charge in [0.1, 0.15) is 18.0 Å². The maximum Gasteiger partial charge on any atom is 0.139 e. The van der Waals surface area contributed by atoms with E-state index in [1.165, 1.54) is 17.7 Å². The van der Waals surface area contributed by atoms with Crippen LogP contribution < -0.4 is 4.90 Å². The Labute approximate surface area is 134 Å². The minimum atomic E-state index is -0.243. The molecule has 1 saturated heterocycles. The first-order valence-corrected chi connectivity index (χ1v) is 8.01. The van der Waals surface area contributed by atoms with Gasteiger partial charge in [-0.1, -0.05) is 30.3 Å². The van der Waals surface area contributed by atoms with Gasteiger partial charge in [0.05, 0.1) is 5.52 Å². The second kappa shape index (κ2) is 5.95. The predicted octanol–water partition coefficient (Wildman–Crippen LogP) is 4.15. The van der Waals surface area contributed by atoms with E-state index in [0.717, 1.165) is 42.7 Å². The molecule has 1 aliphatic rings. The molecule has 0 atom stereocenters. The summed E-state index contributed by atoms with van der Waals surface area (Å²) in [5.41, 5.74) is 2.20. The van der Waals surface area contributed by atoms with Crippen LogP contribution in [0.25, 0.3) is 10.9 Å². The van der Waals surface area contributed by atoms with Gasteiger partial charge in [-0.15, -0.1) is 0 Å². The molecule has 4 rings (SSSR count). The lowest BCUT2D eigenvalue weighted by molar-refractivity contribution is 0.503. The molecule has 116 valence electrons. The molecule has 0 radical (unpaired) electrons. The van der Waals surface area contributed by atoms with Gasteiger partial charge >= 0.3 is 0 Å². The van der Waals surface area contributed by atoms with Crippen LogP contribution in [0.3, 0.4) is 0 Å². The third-order valence-electron chi connectivity index (χ3n) is 4.64. The van der Waals surface area contributed by atoms with Crippen molar-refractivity contribution in [2.24, 2.45) is 0 Å². The number of piperidine rings is 1. The minimum absolute atomic E-state index is 0.243. The molecule has 1 aromatic heterocycles. The average molecular weight is 307 g/mol. The number of rotatable bonds is 2. The highest BCUT2D eigenvalue weighted by atomic mass is 19.1. The molecular weight excluding hydrogens is 289 g/mol. The van der Waals surface area contributed by atoms with Crippen LogP contribution in [-0.2, 0) is 0 Å². The lowest BCUT2D eigenvalue weighted by Gasteiger charge is -2.33. The molecular formula is C19H18FN3. The van der Waals surface area contributed by atoms with E-state index in [9.17, 15) is 4.39 Å². The third kappa shape index (κ3) is 2.77. The summed E-state index contributed by atoms with van der Waals surface area (Å²) in [5.74, 6) is 1.20. The number of nitrogens with zero attached hydrogens (tertiary/aromatic N) is 3. The molecule has 3 aromatic rings. The van der Waals surface area contributed by atoms with Gasteiger partial charge in [-0.2, -0.15) is 0 Å². The maximum atomic E-state index is 13.6. The Balaban J connectivity index is 1.58. The standard InChI is InChI=1S/C19H18FN3/c20-16-6-7-18-17(12-16)19(22-13-21-18)23-10-8-15(9-11-23)14-4-2-1-3-5-14/h1-7,12-13,15H,8-11H2. The van der Waals surface area contributed by atoms with Crippen LogP contribution in [0.4, 0.5) is 10.2 Å². The van der Waals surface area contributed by atoms with Crippen molar-refractivity contribution in [3.8, 4) is 0 Å². The van der Waals surface area contributed by atoms with Crippen LogP contribution in [0.2, 0.25) is 0 Å². The highest BCUT2D eigenvalue weighted by Gasteiger charge is 2.22. The van der Waals surface area contributed by atoms with Gasteiger partial charge in [0.2, 0.25) is 0 Å². The Morgan fingerprint density at radius 3 is 2.52 bits per heavy atom. The summed E-state index contributed by atoms with van der Waals surface area (Å²) in [6.45, 7) is 1.87. The maximum absolute atomic E-state index is 13.6. The first-order valence-electron chi connectivity index (χ1n) is 8.01. The van der Waals surface area contributed by atoms with Crippen molar-refractivity contribution < 1.29 is 4.39 Å². The van der Waals surface area contributed by atoms with Crippen molar-refractivity contribution >= 4 is 16.7 Å². The average Bonchev–Trinajstić information content (AvgIpc) is 2.62. The molecule has 2 heterocycles. The summed E-state index contributed by atoms with van der Waals surface area (Å²) in [6, 6.07) is 15.4. The zero-order valence-corrected chi connectivity index (χ0v) is 12.8. The molecule has 0 aliphatic carbocycles. The van der Waals surface area contributed by atoms with E-state index in [4.69, 9.17) is 0 Å². The van der Waals surface area contributed by atoms with E-state index in [0.29, 0.717) is 5.92 Å². The molecule has 0 saturated carbocycles. The summed E-state index contributed by atoms with van der Waals surface area (Å²) in [6.07, 6.45) is 3.74. The molecule has 0 bridgehead atoms. The van der Waals surface area contributed by atoms with Gasteiger partial charge in [0.15, 0.2) is 0 Å². The number of hydrogen-bond donors (Lipinski definition) is 0. The van der Waals surface area contributed by atoms with E-state index in [2.05, 4.69) is 45.2 Å². The Kier molecular flexibility index (Phi) is 3.66. The van der Waals surface area contributed by atoms with Crippen molar-refractivity contribution in [2.75, 3.05) is 18.0 Å². The Hall–Kier alpha value is -2.49. The van der Waals surface area contributed by atoms with Crippen molar-refractivity contribution in [2.45, 2.75) is 18.8 Å². The lowest BCUT2D eigenvalue weighted by atomic mass is 9.89. The Morgan fingerprint density at radius 1 is 0.957 bits per heavy atom. The fourth-order valence-electron chi connectivity index (χ4n) is 3.42. The molecule has 0 spiro atoms. The van der Waals surface area contributed by atoms with Gasteiger partial charge in [-0.25, -0.2) is 14.4 Å². The molecule has 0 unspecified atom stereocenters. The Morgan fingerprint density at radius 2 is 1.74 bits per heavy atom. The minimum Gasteiger partial charge on any atom is -0.356 e. The molecule has 0 amide bonds. The molecule has 3 nitrogen and oxygen atoms in total. The van der Waals surface area contributed by atoms with E-state index < -0.39 is 0 Å². The highest BCUT2D eigenvalue weighted by molar-refractivity contribution is 5.89. The number of anilines is 1.